The van der Waals surface area contributed by atoms with Crippen molar-refractivity contribution in [2.24, 2.45) is 0 Å². The Labute approximate surface area is 125 Å². The smallest absolute Gasteiger partial charge is 0.119 e. The summed E-state index contributed by atoms with van der Waals surface area (Å²) in [5.41, 5.74) is 0.860. The van der Waals surface area contributed by atoms with E-state index in [0.29, 0.717) is 6.54 Å². The highest BCUT2D eigenvalue weighted by atomic mass is 79.9. The molecule has 0 spiro atoms. The first-order valence-corrected chi connectivity index (χ1v) is 7.57. The van der Waals surface area contributed by atoms with Gasteiger partial charge < -0.3 is 15.2 Å². The average molecular weight is 342 g/mol. The molecule has 0 aliphatic carbocycles. The molecule has 0 radical (unpaired) electrons. The number of rotatable bonds is 6. The van der Waals surface area contributed by atoms with Gasteiger partial charge in [-0.2, -0.15) is 0 Å². The van der Waals surface area contributed by atoms with Crippen LogP contribution in [0.3, 0.4) is 0 Å². The third-order valence-corrected chi connectivity index (χ3v) is 4.37. The van der Waals surface area contributed by atoms with Gasteiger partial charge in [0.05, 0.1) is 17.0 Å². The van der Waals surface area contributed by atoms with E-state index in [1.165, 1.54) is 4.88 Å². The van der Waals surface area contributed by atoms with E-state index in [-0.39, 0.29) is 0 Å². The van der Waals surface area contributed by atoms with Crippen LogP contribution >= 0.6 is 27.3 Å². The molecule has 3 nitrogen and oxygen atoms in total. The van der Waals surface area contributed by atoms with Crippen molar-refractivity contribution in [3.8, 4) is 5.75 Å². The summed E-state index contributed by atoms with van der Waals surface area (Å²) in [7, 11) is 1.62. The van der Waals surface area contributed by atoms with Crippen molar-refractivity contribution < 1.29 is 9.84 Å². The Hall–Kier alpha value is -0.880. The Morgan fingerprint density at radius 2 is 2.21 bits per heavy atom. The first kappa shape index (κ1) is 14.5. The topological polar surface area (TPSA) is 41.5 Å². The lowest BCUT2D eigenvalue weighted by Gasteiger charge is -2.12. The summed E-state index contributed by atoms with van der Waals surface area (Å²) in [5.74, 6) is 0.763. The van der Waals surface area contributed by atoms with E-state index in [1.54, 1.807) is 18.4 Å². The van der Waals surface area contributed by atoms with Gasteiger partial charge in [-0.3, -0.25) is 0 Å². The second kappa shape index (κ2) is 7.05. The van der Waals surface area contributed by atoms with Gasteiger partial charge in [-0.1, -0.05) is 12.1 Å². The number of aliphatic hydroxyl groups is 1. The summed E-state index contributed by atoms with van der Waals surface area (Å²) in [6.45, 7) is 1.28. The van der Waals surface area contributed by atoms with Crippen molar-refractivity contribution in [2.45, 2.75) is 12.6 Å². The number of hydrogen-bond acceptors (Lipinski definition) is 4. The second-order valence-corrected chi connectivity index (χ2v) is 6.68. The molecule has 2 N–H and O–H groups in total. The molecule has 0 amide bonds. The fourth-order valence-corrected chi connectivity index (χ4v) is 3.20. The lowest BCUT2D eigenvalue weighted by molar-refractivity contribution is 0.174. The van der Waals surface area contributed by atoms with Crippen LogP contribution in [0.5, 0.6) is 5.75 Å². The van der Waals surface area contributed by atoms with Crippen molar-refractivity contribution in [1.29, 1.82) is 0 Å². The Morgan fingerprint density at radius 3 is 2.89 bits per heavy atom. The number of aliphatic hydroxyl groups excluding tert-OH is 1. The first-order chi connectivity index (χ1) is 9.19. The van der Waals surface area contributed by atoms with Crippen LogP contribution in [0, 0.1) is 0 Å². The lowest BCUT2D eigenvalue weighted by Crippen LogP contribution is -2.20. The predicted molar refractivity (Wildman–Crippen MR) is 81.7 cm³/mol. The zero-order valence-corrected chi connectivity index (χ0v) is 13.0. The highest BCUT2D eigenvalue weighted by Crippen LogP contribution is 2.22. The molecule has 1 atom stereocenters. The zero-order chi connectivity index (χ0) is 13.7. The molecule has 5 heteroatoms. The Morgan fingerprint density at radius 1 is 1.37 bits per heavy atom. The molecule has 0 aliphatic heterocycles. The van der Waals surface area contributed by atoms with Crippen molar-refractivity contribution in [1.82, 2.24) is 5.32 Å². The van der Waals surface area contributed by atoms with Gasteiger partial charge in [-0.15, -0.1) is 11.3 Å². The van der Waals surface area contributed by atoms with E-state index >= 15 is 0 Å². The molecule has 2 rings (SSSR count). The van der Waals surface area contributed by atoms with Crippen molar-refractivity contribution in [3.05, 3.63) is 50.6 Å². The number of thiophene rings is 1. The molecule has 102 valence electrons. The van der Waals surface area contributed by atoms with Gasteiger partial charge in [0.2, 0.25) is 0 Å². The van der Waals surface area contributed by atoms with Crippen LogP contribution in [0.4, 0.5) is 0 Å². The van der Waals surface area contributed by atoms with Gasteiger partial charge >= 0.3 is 0 Å². The summed E-state index contributed by atoms with van der Waals surface area (Å²) in [6.07, 6.45) is -0.529. The van der Waals surface area contributed by atoms with Crippen LogP contribution in [0.2, 0.25) is 0 Å². The molecule has 1 heterocycles. The van der Waals surface area contributed by atoms with Crippen LogP contribution in [-0.4, -0.2) is 18.8 Å². The fourth-order valence-electron chi connectivity index (χ4n) is 1.75. The van der Waals surface area contributed by atoms with E-state index in [4.69, 9.17) is 4.74 Å². The zero-order valence-electron chi connectivity index (χ0n) is 10.6. The van der Waals surface area contributed by atoms with Crippen LogP contribution in [-0.2, 0) is 6.54 Å². The SMILES string of the molecule is COc1cccc(C(O)CNCc2ccc(Br)s2)c1. The molecule has 1 aromatic carbocycles. The number of benzene rings is 1. The highest BCUT2D eigenvalue weighted by Gasteiger charge is 2.08. The molecule has 1 unspecified atom stereocenters. The van der Waals surface area contributed by atoms with E-state index in [2.05, 4.69) is 27.3 Å². The van der Waals surface area contributed by atoms with Crippen molar-refractivity contribution in [2.75, 3.05) is 13.7 Å². The van der Waals surface area contributed by atoms with E-state index in [1.807, 2.05) is 30.3 Å². The maximum absolute atomic E-state index is 10.1. The molecule has 0 saturated heterocycles. The molecular formula is C14H16BrNO2S. The van der Waals surface area contributed by atoms with Crippen molar-refractivity contribution >= 4 is 27.3 Å². The van der Waals surface area contributed by atoms with Crippen LogP contribution in [0.25, 0.3) is 0 Å². The Balaban J connectivity index is 1.85. The minimum Gasteiger partial charge on any atom is -0.497 e. The summed E-state index contributed by atoms with van der Waals surface area (Å²) >= 11 is 5.13. The Bertz CT molecular complexity index is 530. The molecule has 1 aromatic heterocycles. The minimum atomic E-state index is -0.529. The fraction of sp³-hybridized carbons (Fsp3) is 0.286. The first-order valence-electron chi connectivity index (χ1n) is 5.96. The number of halogens is 1. The van der Waals surface area contributed by atoms with Gasteiger partial charge in [0, 0.05) is 18.0 Å². The number of hydrogen-bond donors (Lipinski definition) is 2. The number of methoxy groups -OCH3 is 1. The third-order valence-electron chi connectivity index (χ3n) is 2.74. The number of ether oxygens (including phenoxy) is 1. The quantitative estimate of drug-likeness (QED) is 0.846. The maximum Gasteiger partial charge on any atom is 0.119 e. The molecule has 0 aliphatic rings. The van der Waals surface area contributed by atoms with E-state index in [0.717, 1.165) is 21.6 Å². The van der Waals surface area contributed by atoms with Gasteiger partial charge in [0.15, 0.2) is 0 Å². The standard InChI is InChI=1S/C14H16BrNO2S/c1-18-11-4-2-3-10(7-11)13(17)9-16-8-12-5-6-14(15)19-12/h2-7,13,16-17H,8-9H2,1H3. The summed E-state index contributed by atoms with van der Waals surface area (Å²) in [4.78, 5) is 1.24. The van der Waals surface area contributed by atoms with Crippen LogP contribution in [0.15, 0.2) is 40.2 Å². The van der Waals surface area contributed by atoms with Crippen LogP contribution in [0.1, 0.15) is 16.5 Å². The maximum atomic E-state index is 10.1. The lowest BCUT2D eigenvalue weighted by atomic mass is 10.1. The van der Waals surface area contributed by atoms with Gasteiger partial charge in [-0.05, 0) is 45.8 Å². The molecule has 2 aromatic rings. The van der Waals surface area contributed by atoms with Gasteiger partial charge in [0.1, 0.15) is 5.75 Å². The largest absolute Gasteiger partial charge is 0.497 e. The summed E-state index contributed by atoms with van der Waals surface area (Å²) in [6, 6.07) is 11.6. The second-order valence-electron chi connectivity index (χ2n) is 4.13. The van der Waals surface area contributed by atoms with E-state index < -0.39 is 6.10 Å². The summed E-state index contributed by atoms with van der Waals surface area (Å²) in [5, 5.41) is 13.3. The predicted octanol–water partition coefficient (Wildman–Crippen LogP) is 3.34. The highest BCUT2D eigenvalue weighted by molar-refractivity contribution is 9.11. The summed E-state index contributed by atoms with van der Waals surface area (Å²) < 4.78 is 6.27. The molecule has 0 bridgehead atoms. The normalized spacial score (nSPS) is 12.4. The van der Waals surface area contributed by atoms with Gasteiger partial charge in [0.25, 0.3) is 0 Å². The van der Waals surface area contributed by atoms with Crippen molar-refractivity contribution in [3.63, 3.8) is 0 Å². The Kier molecular flexibility index (Phi) is 5.39. The van der Waals surface area contributed by atoms with E-state index in [9.17, 15) is 5.11 Å². The van der Waals surface area contributed by atoms with Gasteiger partial charge in [-0.25, -0.2) is 0 Å². The molecule has 0 fully saturated rings. The third kappa shape index (κ3) is 4.31. The minimum absolute atomic E-state index is 0.517. The average Bonchev–Trinajstić information content (AvgIpc) is 2.84. The number of nitrogens with one attached hydrogen (secondary N) is 1. The molecular weight excluding hydrogens is 326 g/mol. The molecule has 0 saturated carbocycles. The monoisotopic (exact) mass is 341 g/mol. The molecule has 19 heavy (non-hydrogen) atoms. The van der Waals surface area contributed by atoms with Crippen LogP contribution < -0.4 is 10.1 Å².